The number of nitrogens with one attached hydrogen (secondary N) is 2. The number of hydrogen-bond acceptors (Lipinski definition) is 5. The molecule has 2 N–H and O–H groups in total. The maximum absolute atomic E-state index is 12.6. The minimum Gasteiger partial charge on any atom is -0.486 e. The molecule has 2 heterocycles. The van der Waals surface area contributed by atoms with E-state index in [2.05, 4.69) is 21.6 Å². The Labute approximate surface area is 170 Å². The summed E-state index contributed by atoms with van der Waals surface area (Å²) in [5.41, 5.74) is 2.27. The van der Waals surface area contributed by atoms with Gasteiger partial charge in [-0.2, -0.15) is 0 Å². The van der Waals surface area contributed by atoms with Gasteiger partial charge in [0.05, 0.1) is 6.54 Å². The van der Waals surface area contributed by atoms with Crippen LogP contribution in [0.15, 0.2) is 42.5 Å². The molecule has 2 amide bonds. The summed E-state index contributed by atoms with van der Waals surface area (Å²) >= 11 is 0. The fourth-order valence-corrected chi connectivity index (χ4v) is 3.93. The number of benzene rings is 2. The van der Waals surface area contributed by atoms with Gasteiger partial charge in [0.1, 0.15) is 13.2 Å². The highest BCUT2D eigenvalue weighted by Crippen LogP contribution is 2.37. The molecule has 0 radical (unpaired) electrons. The number of hydrogen-bond donors (Lipinski definition) is 2. The van der Waals surface area contributed by atoms with Crippen LogP contribution < -0.4 is 20.1 Å². The number of amides is 2. The highest BCUT2D eigenvalue weighted by Gasteiger charge is 2.28. The number of carbonyl (C=O) groups is 2. The molecule has 0 unspecified atom stereocenters. The monoisotopic (exact) mass is 395 g/mol. The average Bonchev–Trinajstić information content (AvgIpc) is 3.20. The third kappa shape index (κ3) is 4.35. The van der Waals surface area contributed by atoms with Gasteiger partial charge < -0.3 is 20.1 Å². The van der Waals surface area contributed by atoms with Gasteiger partial charge in [-0.15, -0.1) is 0 Å². The first kappa shape index (κ1) is 19.3. The molecule has 2 aliphatic rings. The fourth-order valence-electron chi connectivity index (χ4n) is 3.93. The molecule has 7 nitrogen and oxygen atoms in total. The molecule has 2 aromatic rings. The van der Waals surface area contributed by atoms with Gasteiger partial charge in [-0.05, 0) is 55.3 Å². The quantitative estimate of drug-likeness (QED) is 0.814. The fraction of sp³-hybridized carbons (Fsp3) is 0.364. The topological polar surface area (TPSA) is 79.9 Å². The van der Waals surface area contributed by atoms with Crippen LogP contribution in [-0.4, -0.2) is 50.1 Å². The largest absolute Gasteiger partial charge is 0.486 e. The lowest BCUT2D eigenvalue weighted by Gasteiger charge is -2.26. The summed E-state index contributed by atoms with van der Waals surface area (Å²) < 4.78 is 11.3. The van der Waals surface area contributed by atoms with Gasteiger partial charge in [0, 0.05) is 24.3 Å². The van der Waals surface area contributed by atoms with Crippen LogP contribution in [0.5, 0.6) is 11.5 Å². The molecule has 7 heteroatoms. The first-order valence-corrected chi connectivity index (χ1v) is 9.89. The summed E-state index contributed by atoms with van der Waals surface area (Å²) in [6.45, 7) is 2.29. The van der Waals surface area contributed by atoms with Crippen molar-refractivity contribution >= 4 is 17.5 Å². The third-order valence-corrected chi connectivity index (χ3v) is 5.30. The molecule has 1 fully saturated rings. The second-order valence-corrected chi connectivity index (χ2v) is 7.24. The van der Waals surface area contributed by atoms with Crippen molar-refractivity contribution in [1.82, 2.24) is 10.2 Å². The number of nitrogens with zero attached hydrogens (tertiary/aromatic N) is 1. The van der Waals surface area contributed by atoms with Gasteiger partial charge in [-0.1, -0.05) is 12.1 Å². The predicted octanol–water partition coefficient (Wildman–Crippen LogP) is 2.59. The molecule has 29 heavy (non-hydrogen) atoms. The van der Waals surface area contributed by atoms with Crippen molar-refractivity contribution in [2.75, 3.05) is 38.7 Å². The molecule has 0 aromatic heterocycles. The number of carbonyl (C=O) groups excluding carboxylic acids is 2. The Hall–Kier alpha value is -3.06. The van der Waals surface area contributed by atoms with Crippen molar-refractivity contribution in [2.45, 2.75) is 18.9 Å². The second kappa shape index (κ2) is 8.53. The molecule has 4 rings (SSSR count). The Bertz CT molecular complexity index is 915. The van der Waals surface area contributed by atoms with Crippen LogP contribution in [0, 0.1) is 0 Å². The molecule has 2 aliphatic heterocycles. The lowest BCUT2D eigenvalue weighted by atomic mass is 10.0. The van der Waals surface area contributed by atoms with E-state index in [0.29, 0.717) is 31.0 Å². The van der Waals surface area contributed by atoms with Crippen LogP contribution in [-0.2, 0) is 4.79 Å². The van der Waals surface area contributed by atoms with E-state index in [-0.39, 0.29) is 17.9 Å². The molecule has 1 atom stereocenters. The normalized spacial score (nSPS) is 18.3. The maximum Gasteiger partial charge on any atom is 0.251 e. The summed E-state index contributed by atoms with van der Waals surface area (Å²) in [6.07, 6.45) is 2.04. The van der Waals surface area contributed by atoms with E-state index in [0.717, 1.165) is 36.4 Å². The Morgan fingerprint density at radius 1 is 1.10 bits per heavy atom. The van der Waals surface area contributed by atoms with Gasteiger partial charge in [0.15, 0.2) is 11.5 Å². The van der Waals surface area contributed by atoms with Crippen molar-refractivity contribution in [3.05, 3.63) is 53.6 Å². The molecule has 152 valence electrons. The van der Waals surface area contributed by atoms with Gasteiger partial charge in [-0.3, -0.25) is 14.5 Å². The first-order valence-electron chi connectivity index (χ1n) is 9.89. The summed E-state index contributed by atoms with van der Waals surface area (Å²) in [6, 6.07) is 13.1. The lowest BCUT2D eigenvalue weighted by molar-refractivity contribution is -0.117. The SMILES string of the molecule is CNC(=O)c1cccc(NC(=O)CN2CCC[C@@H]2c2ccc3c(c2)OCCO3)c1. The van der Waals surface area contributed by atoms with E-state index in [4.69, 9.17) is 9.47 Å². The van der Waals surface area contributed by atoms with E-state index in [9.17, 15) is 9.59 Å². The van der Waals surface area contributed by atoms with Crippen LogP contribution in [0.1, 0.15) is 34.8 Å². The Kier molecular flexibility index (Phi) is 5.67. The molecule has 0 saturated carbocycles. The average molecular weight is 395 g/mol. The predicted molar refractivity (Wildman–Crippen MR) is 109 cm³/mol. The molecular weight excluding hydrogens is 370 g/mol. The summed E-state index contributed by atoms with van der Waals surface area (Å²) in [7, 11) is 1.58. The molecule has 1 saturated heterocycles. The molecule has 2 aromatic carbocycles. The molecule has 0 spiro atoms. The van der Waals surface area contributed by atoms with Crippen molar-refractivity contribution in [3.8, 4) is 11.5 Å². The Morgan fingerprint density at radius 3 is 2.76 bits per heavy atom. The van der Waals surface area contributed by atoms with Crippen LogP contribution in [0.3, 0.4) is 0 Å². The standard InChI is InChI=1S/C22H25N3O4/c1-23-22(27)16-4-2-5-17(12-16)24-21(26)14-25-9-3-6-18(25)15-7-8-19-20(13-15)29-11-10-28-19/h2,4-5,7-8,12-13,18H,3,6,9-11,14H2,1H3,(H,23,27)(H,24,26)/t18-/m1/s1. The zero-order chi connectivity index (χ0) is 20.2. The number of fused-ring (bicyclic) bond motifs is 1. The zero-order valence-electron chi connectivity index (χ0n) is 16.4. The minimum absolute atomic E-state index is 0.0940. The number of anilines is 1. The lowest BCUT2D eigenvalue weighted by Crippen LogP contribution is -2.33. The molecule has 0 bridgehead atoms. The van der Waals surface area contributed by atoms with Crippen LogP contribution in [0.2, 0.25) is 0 Å². The second-order valence-electron chi connectivity index (χ2n) is 7.24. The van der Waals surface area contributed by atoms with Crippen LogP contribution in [0.4, 0.5) is 5.69 Å². The summed E-state index contributed by atoms with van der Waals surface area (Å²) in [5, 5.41) is 5.49. The molecule has 0 aliphatic carbocycles. The van der Waals surface area contributed by atoms with Crippen LogP contribution in [0.25, 0.3) is 0 Å². The van der Waals surface area contributed by atoms with Crippen molar-refractivity contribution in [2.24, 2.45) is 0 Å². The van der Waals surface area contributed by atoms with Gasteiger partial charge >= 0.3 is 0 Å². The highest BCUT2D eigenvalue weighted by atomic mass is 16.6. The van der Waals surface area contributed by atoms with Gasteiger partial charge in [-0.25, -0.2) is 0 Å². The van der Waals surface area contributed by atoms with Crippen molar-refractivity contribution < 1.29 is 19.1 Å². The van der Waals surface area contributed by atoms with E-state index in [1.807, 2.05) is 12.1 Å². The van der Waals surface area contributed by atoms with Gasteiger partial charge in [0.2, 0.25) is 5.91 Å². The highest BCUT2D eigenvalue weighted by molar-refractivity contribution is 5.97. The Morgan fingerprint density at radius 2 is 1.93 bits per heavy atom. The number of ether oxygens (including phenoxy) is 2. The first-order chi connectivity index (χ1) is 14.1. The number of likely N-dealkylation sites (tertiary alicyclic amines) is 1. The van der Waals surface area contributed by atoms with E-state index in [1.54, 1.807) is 31.3 Å². The van der Waals surface area contributed by atoms with Crippen molar-refractivity contribution in [1.29, 1.82) is 0 Å². The minimum atomic E-state index is -0.181. The number of rotatable bonds is 5. The smallest absolute Gasteiger partial charge is 0.251 e. The molecular formula is C22H25N3O4. The van der Waals surface area contributed by atoms with E-state index < -0.39 is 0 Å². The van der Waals surface area contributed by atoms with E-state index in [1.165, 1.54) is 0 Å². The van der Waals surface area contributed by atoms with Crippen molar-refractivity contribution in [3.63, 3.8) is 0 Å². The Balaban J connectivity index is 1.42. The maximum atomic E-state index is 12.6. The zero-order valence-corrected chi connectivity index (χ0v) is 16.4. The van der Waals surface area contributed by atoms with Gasteiger partial charge in [0.25, 0.3) is 5.91 Å². The summed E-state index contributed by atoms with van der Waals surface area (Å²) in [5.74, 6) is 1.28. The third-order valence-electron chi connectivity index (χ3n) is 5.30. The summed E-state index contributed by atoms with van der Waals surface area (Å²) in [4.78, 5) is 26.6. The van der Waals surface area contributed by atoms with E-state index >= 15 is 0 Å². The van der Waals surface area contributed by atoms with Crippen LogP contribution >= 0.6 is 0 Å².